The van der Waals surface area contributed by atoms with E-state index < -0.39 is 5.92 Å². The van der Waals surface area contributed by atoms with Crippen LogP contribution < -0.4 is 5.32 Å². The Morgan fingerprint density at radius 2 is 2.07 bits per heavy atom. The van der Waals surface area contributed by atoms with Crippen molar-refractivity contribution < 1.29 is 8.78 Å². The number of hydrogen-bond donors (Lipinski definition) is 1. The SMILES string of the molecule is FC1(F)CCCC(NC2CCSC2)C1. The molecule has 1 saturated carbocycles. The quantitative estimate of drug-likeness (QED) is 0.769. The topological polar surface area (TPSA) is 12.0 Å². The summed E-state index contributed by atoms with van der Waals surface area (Å²) < 4.78 is 26.2. The Labute approximate surface area is 88.0 Å². The van der Waals surface area contributed by atoms with Crippen LogP contribution in [0.3, 0.4) is 0 Å². The molecule has 2 rings (SSSR count). The summed E-state index contributed by atoms with van der Waals surface area (Å²) in [6.07, 6.45) is 2.88. The van der Waals surface area contributed by atoms with Crippen LogP contribution in [0.5, 0.6) is 0 Å². The highest BCUT2D eigenvalue weighted by Crippen LogP contribution is 2.33. The van der Waals surface area contributed by atoms with Gasteiger partial charge in [0.05, 0.1) is 0 Å². The Morgan fingerprint density at radius 1 is 1.21 bits per heavy atom. The lowest BCUT2D eigenvalue weighted by atomic mass is 9.91. The molecule has 14 heavy (non-hydrogen) atoms. The van der Waals surface area contributed by atoms with Gasteiger partial charge in [0.2, 0.25) is 5.92 Å². The second-order valence-corrected chi connectivity index (χ2v) is 5.53. The summed E-state index contributed by atoms with van der Waals surface area (Å²) >= 11 is 1.92. The molecular weight excluding hydrogens is 204 g/mol. The summed E-state index contributed by atoms with van der Waals surface area (Å²) in [6.45, 7) is 0. The minimum absolute atomic E-state index is 0.0498. The Bertz CT molecular complexity index is 193. The fourth-order valence-corrected chi connectivity index (χ4v) is 3.48. The highest BCUT2D eigenvalue weighted by atomic mass is 32.2. The van der Waals surface area contributed by atoms with E-state index >= 15 is 0 Å². The van der Waals surface area contributed by atoms with Crippen LogP contribution in [0.1, 0.15) is 32.1 Å². The van der Waals surface area contributed by atoms with Gasteiger partial charge in [0.1, 0.15) is 0 Å². The zero-order valence-electron chi connectivity index (χ0n) is 8.27. The molecular formula is C10H17F2NS. The smallest absolute Gasteiger partial charge is 0.249 e. The van der Waals surface area contributed by atoms with Crippen LogP contribution in [0.2, 0.25) is 0 Å². The monoisotopic (exact) mass is 221 g/mol. The van der Waals surface area contributed by atoms with Gasteiger partial charge in [0.25, 0.3) is 0 Å². The van der Waals surface area contributed by atoms with Crippen LogP contribution in [-0.4, -0.2) is 29.5 Å². The van der Waals surface area contributed by atoms with Crippen molar-refractivity contribution in [2.45, 2.75) is 50.1 Å². The van der Waals surface area contributed by atoms with Crippen molar-refractivity contribution in [2.75, 3.05) is 11.5 Å². The molecule has 0 amide bonds. The number of halogens is 2. The van der Waals surface area contributed by atoms with E-state index in [1.165, 1.54) is 5.75 Å². The molecule has 1 aliphatic carbocycles. The number of rotatable bonds is 2. The standard InChI is InChI=1S/C10H17F2NS/c11-10(12)4-1-2-8(6-10)13-9-3-5-14-7-9/h8-9,13H,1-7H2. The van der Waals surface area contributed by atoms with Gasteiger partial charge in [-0.25, -0.2) is 8.78 Å². The molecule has 1 heterocycles. The summed E-state index contributed by atoms with van der Waals surface area (Å²) in [7, 11) is 0. The predicted octanol–water partition coefficient (Wildman–Crippen LogP) is 2.66. The average Bonchev–Trinajstić information content (AvgIpc) is 2.54. The zero-order valence-corrected chi connectivity index (χ0v) is 9.09. The van der Waals surface area contributed by atoms with E-state index in [0.717, 1.165) is 18.6 Å². The van der Waals surface area contributed by atoms with Gasteiger partial charge in [-0.1, -0.05) is 0 Å². The van der Waals surface area contributed by atoms with Crippen molar-refractivity contribution in [3.63, 3.8) is 0 Å². The maximum absolute atomic E-state index is 13.1. The largest absolute Gasteiger partial charge is 0.310 e. The molecule has 0 bridgehead atoms. The van der Waals surface area contributed by atoms with Gasteiger partial charge < -0.3 is 5.32 Å². The second kappa shape index (κ2) is 4.35. The van der Waals surface area contributed by atoms with Gasteiger partial charge in [0, 0.05) is 30.7 Å². The van der Waals surface area contributed by atoms with Crippen LogP contribution in [0.15, 0.2) is 0 Å². The number of alkyl halides is 2. The summed E-state index contributed by atoms with van der Waals surface area (Å²) in [6, 6.07) is 0.543. The lowest BCUT2D eigenvalue weighted by Crippen LogP contribution is -2.44. The molecule has 1 nitrogen and oxygen atoms in total. The van der Waals surface area contributed by atoms with Crippen molar-refractivity contribution in [3.8, 4) is 0 Å². The van der Waals surface area contributed by atoms with Crippen LogP contribution in [0.4, 0.5) is 8.78 Å². The summed E-state index contributed by atoms with van der Waals surface area (Å²) in [4.78, 5) is 0. The highest BCUT2D eigenvalue weighted by Gasteiger charge is 2.36. The lowest BCUT2D eigenvalue weighted by Gasteiger charge is -2.31. The summed E-state index contributed by atoms with van der Waals surface area (Å²) in [5.74, 6) is -0.134. The van der Waals surface area contributed by atoms with Crippen molar-refractivity contribution in [3.05, 3.63) is 0 Å². The summed E-state index contributed by atoms with van der Waals surface area (Å²) in [5, 5.41) is 3.37. The maximum atomic E-state index is 13.1. The molecule has 1 aliphatic heterocycles. The molecule has 0 radical (unpaired) electrons. The number of thioether (sulfide) groups is 1. The third-order valence-electron chi connectivity index (χ3n) is 3.04. The molecule has 0 spiro atoms. The lowest BCUT2D eigenvalue weighted by molar-refractivity contribution is -0.0449. The predicted molar refractivity (Wildman–Crippen MR) is 56.1 cm³/mol. The van der Waals surface area contributed by atoms with E-state index in [0.29, 0.717) is 12.5 Å². The average molecular weight is 221 g/mol. The first-order valence-electron chi connectivity index (χ1n) is 5.37. The zero-order chi connectivity index (χ0) is 10.0. The first-order chi connectivity index (χ1) is 6.66. The third-order valence-corrected chi connectivity index (χ3v) is 4.20. The van der Waals surface area contributed by atoms with Crippen molar-refractivity contribution >= 4 is 11.8 Å². The molecule has 1 N–H and O–H groups in total. The Balaban J connectivity index is 1.79. The van der Waals surface area contributed by atoms with Crippen molar-refractivity contribution in [1.82, 2.24) is 5.32 Å². The van der Waals surface area contributed by atoms with Crippen LogP contribution in [0, 0.1) is 0 Å². The van der Waals surface area contributed by atoms with Crippen LogP contribution in [-0.2, 0) is 0 Å². The molecule has 2 unspecified atom stereocenters. The fraction of sp³-hybridized carbons (Fsp3) is 1.00. The first-order valence-corrected chi connectivity index (χ1v) is 6.53. The molecule has 2 aliphatic rings. The fourth-order valence-electron chi connectivity index (χ4n) is 2.31. The Hall–Kier alpha value is 0.170. The Kier molecular flexibility index (Phi) is 3.32. The molecule has 2 fully saturated rings. The molecule has 2 atom stereocenters. The molecule has 0 aromatic carbocycles. The van der Waals surface area contributed by atoms with Crippen LogP contribution >= 0.6 is 11.8 Å². The molecule has 4 heteroatoms. The van der Waals surface area contributed by atoms with E-state index in [1.54, 1.807) is 0 Å². The van der Waals surface area contributed by atoms with Gasteiger partial charge in [-0.3, -0.25) is 0 Å². The van der Waals surface area contributed by atoms with Gasteiger partial charge in [-0.05, 0) is 25.0 Å². The maximum Gasteiger partial charge on any atom is 0.249 e. The second-order valence-electron chi connectivity index (χ2n) is 4.38. The molecule has 0 aromatic heterocycles. The van der Waals surface area contributed by atoms with E-state index in [9.17, 15) is 8.78 Å². The van der Waals surface area contributed by atoms with Crippen LogP contribution in [0.25, 0.3) is 0 Å². The van der Waals surface area contributed by atoms with E-state index in [1.807, 2.05) is 11.8 Å². The molecule has 0 aromatic rings. The normalized spacial score (nSPS) is 37.3. The minimum Gasteiger partial charge on any atom is -0.310 e. The van der Waals surface area contributed by atoms with E-state index in [-0.39, 0.29) is 18.9 Å². The molecule has 1 saturated heterocycles. The van der Waals surface area contributed by atoms with E-state index in [2.05, 4.69) is 5.32 Å². The van der Waals surface area contributed by atoms with Gasteiger partial charge >= 0.3 is 0 Å². The third kappa shape index (κ3) is 2.83. The molecule has 82 valence electrons. The first kappa shape index (κ1) is 10.7. The van der Waals surface area contributed by atoms with Crippen molar-refractivity contribution in [1.29, 1.82) is 0 Å². The minimum atomic E-state index is -2.42. The number of hydrogen-bond acceptors (Lipinski definition) is 2. The number of nitrogens with one attached hydrogen (secondary N) is 1. The van der Waals surface area contributed by atoms with Gasteiger partial charge in [-0.15, -0.1) is 0 Å². The Morgan fingerprint density at radius 3 is 2.71 bits per heavy atom. The highest BCUT2D eigenvalue weighted by molar-refractivity contribution is 7.99. The van der Waals surface area contributed by atoms with Gasteiger partial charge in [0.15, 0.2) is 0 Å². The van der Waals surface area contributed by atoms with E-state index in [4.69, 9.17) is 0 Å². The van der Waals surface area contributed by atoms with Gasteiger partial charge in [-0.2, -0.15) is 11.8 Å². The summed E-state index contributed by atoms with van der Waals surface area (Å²) in [5.41, 5.74) is 0. The van der Waals surface area contributed by atoms with Crippen molar-refractivity contribution in [2.24, 2.45) is 0 Å².